The molecule has 0 aromatic heterocycles. The van der Waals surface area contributed by atoms with E-state index in [9.17, 15) is 9.18 Å². The molecule has 0 aliphatic carbocycles. The molecule has 1 saturated heterocycles. The first-order valence-corrected chi connectivity index (χ1v) is 11.0. The second-order valence-electron chi connectivity index (χ2n) is 8.20. The van der Waals surface area contributed by atoms with Crippen molar-refractivity contribution in [3.05, 3.63) is 65.0 Å². The molecule has 0 atom stereocenters. The maximum Gasteiger partial charge on any atom is 0.223 e. The van der Waals surface area contributed by atoms with Crippen molar-refractivity contribution in [3.63, 3.8) is 0 Å². The van der Waals surface area contributed by atoms with Crippen molar-refractivity contribution in [2.45, 2.75) is 39.5 Å². The largest absolute Gasteiger partial charge is 0.494 e. The van der Waals surface area contributed by atoms with Crippen molar-refractivity contribution in [1.29, 1.82) is 0 Å². The highest BCUT2D eigenvalue weighted by Crippen LogP contribution is 2.19. The molecule has 1 N–H and O–H groups in total. The summed E-state index contributed by atoms with van der Waals surface area (Å²) in [5, 5.41) is 2.98. The highest BCUT2D eigenvalue weighted by molar-refractivity contribution is 5.78. The van der Waals surface area contributed by atoms with Gasteiger partial charge in [-0.15, -0.1) is 0 Å². The van der Waals surface area contributed by atoms with Crippen molar-refractivity contribution in [2.24, 2.45) is 5.92 Å². The SMILES string of the molecule is Cc1ccc(OCCCN2CCC(C(=O)NCCc3ccccc3F)CC2)cc1C. The van der Waals surface area contributed by atoms with E-state index in [1.165, 1.54) is 17.2 Å². The maximum absolute atomic E-state index is 13.6. The van der Waals surface area contributed by atoms with Gasteiger partial charge >= 0.3 is 0 Å². The summed E-state index contributed by atoms with van der Waals surface area (Å²) in [6.45, 7) is 8.26. The van der Waals surface area contributed by atoms with Crippen molar-refractivity contribution < 1.29 is 13.9 Å². The van der Waals surface area contributed by atoms with Crippen molar-refractivity contribution >= 4 is 5.91 Å². The summed E-state index contributed by atoms with van der Waals surface area (Å²) >= 11 is 0. The zero-order valence-corrected chi connectivity index (χ0v) is 18.1. The topological polar surface area (TPSA) is 41.6 Å². The van der Waals surface area contributed by atoms with Gasteiger partial charge in [0.05, 0.1) is 6.61 Å². The molecular weight excluding hydrogens is 379 g/mol. The van der Waals surface area contributed by atoms with E-state index in [-0.39, 0.29) is 17.6 Å². The molecule has 1 heterocycles. The summed E-state index contributed by atoms with van der Waals surface area (Å²) < 4.78 is 19.5. The number of amides is 1. The van der Waals surface area contributed by atoms with Gasteiger partial charge in [-0.1, -0.05) is 24.3 Å². The number of rotatable bonds is 9. The number of nitrogens with one attached hydrogen (secondary N) is 1. The molecule has 1 amide bonds. The summed E-state index contributed by atoms with van der Waals surface area (Å²) in [4.78, 5) is 14.8. The normalized spacial score (nSPS) is 15.2. The zero-order valence-electron chi connectivity index (χ0n) is 18.1. The van der Waals surface area contributed by atoms with Crippen LogP contribution in [0.15, 0.2) is 42.5 Å². The number of likely N-dealkylation sites (tertiary alicyclic amines) is 1. The number of carbonyl (C=O) groups excluding carboxylic acids is 1. The average molecular weight is 413 g/mol. The molecule has 0 radical (unpaired) electrons. The van der Waals surface area contributed by atoms with Gasteiger partial charge in [0.15, 0.2) is 0 Å². The number of nitrogens with zero attached hydrogens (tertiary/aromatic N) is 1. The number of hydrogen-bond acceptors (Lipinski definition) is 3. The van der Waals surface area contributed by atoms with Crippen LogP contribution in [-0.4, -0.2) is 43.6 Å². The second kappa shape index (κ2) is 11.1. The number of benzene rings is 2. The minimum atomic E-state index is -0.207. The van der Waals surface area contributed by atoms with Gasteiger partial charge in [0.25, 0.3) is 0 Å². The van der Waals surface area contributed by atoms with Crippen molar-refractivity contribution in [1.82, 2.24) is 10.2 Å². The van der Waals surface area contributed by atoms with Crippen LogP contribution in [0.3, 0.4) is 0 Å². The Balaban J connectivity index is 1.29. The molecule has 3 rings (SSSR count). The lowest BCUT2D eigenvalue weighted by Crippen LogP contribution is -2.41. The number of aryl methyl sites for hydroxylation is 2. The van der Waals surface area contributed by atoms with Gasteiger partial charge in [0.2, 0.25) is 5.91 Å². The van der Waals surface area contributed by atoms with Crippen LogP contribution in [0, 0.1) is 25.6 Å². The quantitative estimate of drug-likeness (QED) is 0.625. The molecule has 162 valence electrons. The molecule has 1 aliphatic rings. The number of carbonyl (C=O) groups is 1. The van der Waals surface area contributed by atoms with Gasteiger partial charge < -0.3 is 15.0 Å². The predicted molar refractivity (Wildman–Crippen MR) is 118 cm³/mol. The summed E-state index contributed by atoms with van der Waals surface area (Å²) in [6.07, 6.45) is 3.26. The Morgan fingerprint density at radius 2 is 1.90 bits per heavy atom. The third-order valence-corrected chi connectivity index (χ3v) is 5.98. The first-order chi connectivity index (χ1) is 14.5. The van der Waals surface area contributed by atoms with Crippen LogP contribution in [0.4, 0.5) is 4.39 Å². The molecule has 4 nitrogen and oxygen atoms in total. The standard InChI is InChI=1S/C25H33FN2O2/c1-19-8-9-23(18-20(19)2)30-17-5-14-28-15-11-22(12-16-28)25(29)27-13-10-21-6-3-4-7-24(21)26/h3-4,6-9,18,22H,5,10-17H2,1-2H3,(H,27,29). The smallest absolute Gasteiger partial charge is 0.223 e. The lowest BCUT2D eigenvalue weighted by atomic mass is 9.95. The predicted octanol–water partition coefficient (Wildman–Crippen LogP) is 4.28. The maximum atomic E-state index is 13.6. The van der Waals surface area contributed by atoms with Crippen LogP contribution in [0.25, 0.3) is 0 Å². The third kappa shape index (κ3) is 6.56. The Kier molecular flexibility index (Phi) is 8.26. The molecule has 2 aromatic rings. The van der Waals surface area contributed by atoms with E-state index in [1.54, 1.807) is 12.1 Å². The van der Waals surface area contributed by atoms with Crippen LogP contribution in [0.1, 0.15) is 36.0 Å². The van der Waals surface area contributed by atoms with Crippen LogP contribution in [-0.2, 0) is 11.2 Å². The van der Waals surface area contributed by atoms with Crippen LogP contribution in [0.2, 0.25) is 0 Å². The molecule has 5 heteroatoms. The summed E-state index contributed by atoms with van der Waals surface area (Å²) in [5.41, 5.74) is 3.18. The summed E-state index contributed by atoms with van der Waals surface area (Å²) in [7, 11) is 0. The van der Waals surface area contributed by atoms with Crippen LogP contribution in [0.5, 0.6) is 5.75 Å². The minimum Gasteiger partial charge on any atom is -0.494 e. The summed E-state index contributed by atoms with van der Waals surface area (Å²) in [5.74, 6) is 0.892. The lowest BCUT2D eigenvalue weighted by Gasteiger charge is -2.31. The fourth-order valence-electron chi connectivity index (χ4n) is 3.87. The van der Waals surface area contributed by atoms with Gasteiger partial charge in [0.1, 0.15) is 11.6 Å². The van der Waals surface area contributed by atoms with Crippen LogP contribution < -0.4 is 10.1 Å². The Morgan fingerprint density at radius 3 is 2.63 bits per heavy atom. The Morgan fingerprint density at radius 1 is 1.13 bits per heavy atom. The molecule has 0 saturated carbocycles. The third-order valence-electron chi connectivity index (χ3n) is 5.98. The van der Waals surface area contributed by atoms with Gasteiger partial charge in [-0.05, 0) is 87.5 Å². The van der Waals surface area contributed by atoms with E-state index in [0.29, 0.717) is 25.1 Å². The van der Waals surface area contributed by atoms with E-state index < -0.39 is 0 Å². The van der Waals surface area contributed by atoms with Gasteiger partial charge in [0, 0.05) is 19.0 Å². The Bertz CT molecular complexity index is 832. The first-order valence-electron chi connectivity index (χ1n) is 11.0. The van der Waals surface area contributed by atoms with E-state index in [1.807, 2.05) is 12.1 Å². The number of hydrogen-bond donors (Lipinski definition) is 1. The fraction of sp³-hybridized carbons (Fsp3) is 0.480. The van der Waals surface area contributed by atoms with Gasteiger partial charge in [-0.2, -0.15) is 0 Å². The molecular formula is C25H33FN2O2. The monoisotopic (exact) mass is 412 g/mol. The summed E-state index contributed by atoms with van der Waals surface area (Å²) in [6, 6.07) is 12.9. The molecule has 0 bridgehead atoms. The Hall–Kier alpha value is -2.40. The zero-order chi connectivity index (χ0) is 21.3. The molecule has 1 fully saturated rings. The van der Waals surface area contributed by atoms with Crippen molar-refractivity contribution in [2.75, 3.05) is 32.8 Å². The molecule has 1 aliphatic heterocycles. The average Bonchev–Trinajstić information content (AvgIpc) is 2.75. The highest BCUT2D eigenvalue weighted by atomic mass is 19.1. The van der Waals surface area contributed by atoms with Crippen LogP contribution >= 0.6 is 0 Å². The molecule has 30 heavy (non-hydrogen) atoms. The molecule has 0 unspecified atom stereocenters. The highest BCUT2D eigenvalue weighted by Gasteiger charge is 2.24. The van der Waals surface area contributed by atoms with Gasteiger partial charge in [-0.25, -0.2) is 4.39 Å². The van der Waals surface area contributed by atoms with E-state index in [2.05, 4.69) is 36.2 Å². The number of halogens is 1. The lowest BCUT2D eigenvalue weighted by molar-refractivity contribution is -0.126. The minimum absolute atomic E-state index is 0.0636. The Labute approximate surface area is 179 Å². The van der Waals surface area contributed by atoms with E-state index in [4.69, 9.17) is 4.74 Å². The fourth-order valence-corrected chi connectivity index (χ4v) is 3.87. The van der Waals surface area contributed by atoms with Crippen molar-refractivity contribution in [3.8, 4) is 5.75 Å². The molecule has 2 aromatic carbocycles. The van der Waals surface area contributed by atoms with Gasteiger partial charge in [-0.3, -0.25) is 4.79 Å². The number of piperidine rings is 1. The van der Waals surface area contributed by atoms with E-state index >= 15 is 0 Å². The molecule has 0 spiro atoms. The number of ether oxygens (including phenoxy) is 1. The van der Waals surface area contributed by atoms with E-state index in [0.717, 1.165) is 44.6 Å². The second-order valence-corrected chi connectivity index (χ2v) is 8.20. The first kappa shape index (κ1) is 22.3.